The molecule has 0 aliphatic heterocycles. The van der Waals surface area contributed by atoms with Gasteiger partial charge in [-0.1, -0.05) is 18.2 Å². The molecule has 64 valence electrons. The predicted octanol–water partition coefficient (Wildman–Crippen LogP) is 1.79. The maximum atomic E-state index is 9.00. The SMILES string of the molecule is C=C(C)c1ccc(N)cc1CO. The largest absolute Gasteiger partial charge is 0.399 e. The molecule has 1 rings (SSSR count). The van der Waals surface area contributed by atoms with Gasteiger partial charge in [0.1, 0.15) is 0 Å². The maximum Gasteiger partial charge on any atom is 0.0688 e. The molecule has 0 bridgehead atoms. The number of anilines is 1. The smallest absolute Gasteiger partial charge is 0.0688 e. The number of rotatable bonds is 2. The predicted molar refractivity (Wildman–Crippen MR) is 51.5 cm³/mol. The summed E-state index contributed by atoms with van der Waals surface area (Å²) in [6.45, 7) is 5.73. The summed E-state index contributed by atoms with van der Waals surface area (Å²) in [6.07, 6.45) is 0. The first-order valence-electron chi connectivity index (χ1n) is 3.80. The molecule has 0 radical (unpaired) electrons. The van der Waals surface area contributed by atoms with Crippen LogP contribution in [0.15, 0.2) is 24.8 Å². The van der Waals surface area contributed by atoms with Gasteiger partial charge in [-0.3, -0.25) is 0 Å². The fourth-order valence-electron chi connectivity index (χ4n) is 1.16. The van der Waals surface area contributed by atoms with Crippen molar-refractivity contribution < 1.29 is 5.11 Å². The molecule has 12 heavy (non-hydrogen) atoms. The van der Waals surface area contributed by atoms with E-state index >= 15 is 0 Å². The number of hydrogen-bond donors (Lipinski definition) is 2. The topological polar surface area (TPSA) is 46.2 Å². The molecule has 0 saturated carbocycles. The summed E-state index contributed by atoms with van der Waals surface area (Å²) in [5.41, 5.74) is 8.99. The third kappa shape index (κ3) is 1.66. The van der Waals surface area contributed by atoms with Gasteiger partial charge in [0.05, 0.1) is 6.61 Å². The van der Waals surface area contributed by atoms with Gasteiger partial charge in [-0.25, -0.2) is 0 Å². The number of aliphatic hydroxyl groups excluding tert-OH is 1. The number of nitrogens with two attached hydrogens (primary N) is 1. The van der Waals surface area contributed by atoms with E-state index in [2.05, 4.69) is 6.58 Å². The third-order valence-electron chi connectivity index (χ3n) is 1.76. The van der Waals surface area contributed by atoms with Crippen molar-refractivity contribution in [1.29, 1.82) is 0 Å². The van der Waals surface area contributed by atoms with Crippen LogP contribution in [0.4, 0.5) is 5.69 Å². The van der Waals surface area contributed by atoms with Crippen molar-refractivity contribution in [2.24, 2.45) is 0 Å². The Balaban J connectivity index is 3.20. The zero-order valence-corrected chi connectivity index (χ0v) is 7.17. The molecule has 0 amide bonds. The molecule has 0 spiro atoms. The molecule has 3 N–H and O–H groups in total. The number of hydrogen-bond acceptors (Lipinski definition) is 2. The van der Waals surface area contributed by atoms with Crippen molar-refractivity contribution in [2.45, 2.75) is 13.5 Å². The molecule has 1 aromatic carbocycles. The third-order valence-corrected chi connectivity index (χ3v) is 1.76. The minimum atomic E-state index is 0.00718. The highest BCUT2D eigenvalue weighted by Crippen LogP contribution is 2.19. The zero-order valence-electron chi connectivity index (χ0n) is 7.17. The summed E-state index contributed by atoms with van der Waals surface area (Å²) >= 11 is 0. The average molecular weight is 163 g/mol. The molecule has 0 aliphatic rings. The van der Waals surface area contributed by atoms with Gasteiger partial charge in [-0.05, 0) is 30.2 Å². The van der Waals surface area contributed by atoms with Gasteiger partial charge in [-0.15, -0.1) is 0 Å². The highest BCUT2D eigenvalue weighted by molar-refractivity contribution is 5.66. The molecule has 0 atom stereocenters. The van der Waals surface area contributed by atoms with E-state index in [1.54, 1.807) is 6.07 Å². The van der Waals surface area contributed by atoms with Crippen LogP contribution >= 0.6 is 0 Å². The summed E-state index contributed by atoms with van der Waals surface area (Å²) < 4.78 is 0. The fraction of sp³-hybridized carbons (Fsp3) is 0.200. The van der Waals surface area contributed by atoms with E-state index in [-0.39, 0.29) is 6.61 Å². The molecule has 1 aromatic rings. The van der Waals surface area contributed by atoms with Crippen LogP contribution in [0.5, 0.6) is 0 Å². The lowest BCUT2D eigenvalue weighted by atomic mass is 10.0. The van der Waals surface area contributed by atoms with E-state index in [1.807, 2.05) is 19.1 Å². The number of aliphatic hydroxyl groups is 1. The highest BCUT2D eigenvalue weighted by atomic mass is 16.3. The molecular weight excluding hydrogens is 150 g/mol. The summed E-state index contributed by atoms with van der Waals surface area (Å²) in [5, 5.41) is 9.00. The molecule has 0 heterocycles. The second-order valence-corrected chi connectivity index (χ2v) is 2.86. The molecule has 2 nitrogen and oxygen atoms in total. The van der Waals surface area contributed by atoms with Crippen molar-refractivity contribution in [2.75, 3.05) is 5.73 Å². The molecule has 0 fully saturated rings. The molecule has 0 aliphatic carbocycles. The summed E-state index contributed by atoms with van der Waals surface area (Å²) in [6, 6.07) is 5.45. The first-order chi connectivity index (χ1) is 5.65. The van der Waals surface area contributed by atoms with Crippen LogP contribution in [-0.2, 0) is 6.61 Å². The lowest BCUT2D eigenvalue weighted by Gasteiger charge is -2.07. The highest BCUT2D eigenvalue weighted by Gasteiger charge is 2.01. The van der Waals surface area contributed by atoms with Crippen LogP contribution in [0.1, 0.15) is 18.1 Å². The van der Waals surface area contributed by atoms with Gasteiger partial charge in [0, 0.05) is 5.69 Å². The van der Waals surface area contributed by atoms with Crippen molar-refractivity contribution in [3.63, 3.8) is 0 Å². The van der Waals surface area contributed by atoms with Gasteiger partial charge < -0.3 is 10.8 Å². The Hall–Kier alpha value is -1.28. The van der Waals surface area contributed by atoms with Crippen LogP contribution in [0, 0.1) is 0 Å². The number of allylic oxidation sites excluding steroid dienone is 1. The van der Waals surface area contributed by atoms with Crippen molar-refractivity contribution >= 4 is 11.3 Å². The Bertz CT molecular complexity index is 305. The Morgan fingerprint density at radius 2 is 2.25 bits per heavy atom. The van der Waals surface area contributed by atoms with E-state index in [4.69, 9.17) is 10.8 Å². The van der Waals surface area contributed by atoms with Crippen molar-refractivity contribution in [3.05, 3.63) is 35.9 Å². The molecule has 0 unspecified atom stereocenters. The second kappa shape index (κ2) is 3.41. The van der Waals surface area contributed by atoms with Crippen molar-refractivity contribution in [1.82, 2.24) is 0 Å². The zero-order chi connectivity index (χ0) is 9.14. The average Bonchev–Trinajstić information content (AvgIpc) is 2.03. The monoisotopic (exact) mass is 163 g/mol. The van der Waals surface area contributed by atoms with E-state index in [0.29, 0.717) is 5.69 Å². The summed E-state index contributed by atoms with van der Waals surface area (Å²) in [7, 11) is 0. The van der Waals surface area contributed by atoms with Gasteiger partial charge in [0.15, 0.2) is 0 Å². The Morgan fingerprint density at radius 3 is 2.75 bits per heavy atom. The lowest BCUT2D eigenvalue weighted by molar-refractivity contribution is 0.281. The van der Waals surface area contributed by atoms with Crippen LogP contribution in [0.2, 0.25) is 0 Å². The van der Waals surface area contributed by atoms with Gasteiger partial charge in [0.25, 0.3) is 0 Å². The second-order valence-electron chi connectivity index (χ2n) is 2.86. The van der Waals surface area contributed by atoms with E-state index < -0.39 is 0 Å². The minimum Gasteiger partial charge on any atom is -0.399 e. The van der Waals surface area contributed by atoms with Crippen LogP contribution < -0.4 is 5.73 Å². The quantitative estimate of drug-likeness (QED) is 0.653. The minimum absolute atomic E-state index is 0.00718. The maximum absolute atomic E-state index is 9.00. The normalized spacial score (nSPS) is 9.83. The van der Waals surface area contributed by atoms with E-state index in [9.17, 15) is 0 Å². The molecule has 0 saturated heterocycles. The fourth-order valence-corrected chi connectivity index (χ4v) is 1.16. The standard InChI is InChI=1S/C10H13NO/c1-7(2)10-4-3-9(11)5-8(10)6-12/h3-5,12H,1,6,11H2,2H3. The Morgan fingerprint density at radius 1 is 1.58 bits per heavy atom. The van der Waals surface area contributed by atoms with E-state index in [0.717, 1.165) is 16.7 Å². The lowest BCUT2D eigenvalue weighted by Crippen LogP contribution is -1.94. The molecule has 2 heteroatoms. The van der Waals surface area contributed by atoms with Crippen LogP contribution in [0.3, 0.4) is 0 Å². The van der Waals surface area contributed by atoms with Gasteiger partial charge >= 0.3 is 0 Å². The van der Waals surface area contributed by atoms with Crippen LogP contribution in [0.25, 0.3) is 5.57 Å². The Labute approximate surface area is 72.3 Å². The number of nitrogen functional groups attached to an aromatic ring is 1. The van der Waals surface area contributed by atoms with Gasteiger partial charge in [0.2, 0.25) is 0 Å². The first kappa shape index (κ1) is 8.81. The van der Waals surface area contributed by atoms with Crippen LogP contribution in [-0.4, -0.2) is 5.11 Å². The van der Waals surface area contributed by atoms with Crippen molar-refractivity contribution in [3.8, 4) is 0 Å². The Kier molecular flexibility index (Phi) is 2.51. The summed E-state index contributed by atoms with van der Waals surface area (Å²) in [4.78, 5) is 0. The first-order valence-corrected chi connectivity index (χ1v) is 3.80. The van der Waals surface area contributed by atoms with Gasteiger partial charge in [-0.2, -0.15) is 0 Å². The molecular formula is C10H13NO. The number of benzene rings is 1. The van der Waals surface area contributed by atoms with E-state index in [1.165, 1.54) is 0 Å². The summed E-state index contributed by atoms with van der Waals surface area (Å²) in [5.74, 6) is 0. The molecule has 0 aromatic heterocycles.